The number of nitrogens with zero attached hydrogens (tertiary/aromatic N) is 1. The maximum absolute atomic E-state index is 13.9. The van der Waals surface area contributed by atoms with Crippen molar-refractivity contribution in [2.24, 2.45) is 11.8 Å². The lowest BCUT2D eigenvalue weighted by molar-refractivity contribution is -0.148. The summed E-state index contributed by atoms with van der Waals surface area (Å²) in [5.41, 5.74) is -3.42. The Bertz CT molecular complexity index is 4700. The number of alkyl halides is 3. The molecule has 0 aliphatic carbocycles. The van der Waals surface area contributed by atoms with E-state index in [4.69, 9.17) is 85.1 Å². The molecule has 0 spiro atoms. The second-order valence-electron chi connectivity index (χ2n) is 27.8. The second kappa shape index (κ2) is 66.4. The van der Waals surface area contributed by atoms with Crippen LogP contribution in [0.15, 0.2) is 114 Å². The molecule has 784 valence electrons. The Morgan fingerprint density at radius 2 is 0.841 bits per heavy atom. The average molecular weight is 2120 g/mol. The summed E-state index contributed by atoms with van der Waals surface area (Å²) in [6.45, 7) is 11.7. The van der Waals surface area contributed by atoms with Crippen LogP contribution in [0.4, 0.5) is 18.0 Å². The number of sulfonamides is 1. The number of fused-ring (bicyclic) bond motifs is 1. The SMILES string of the molecule is CCOC(=O)COP(=O)(CO)OCC(=O)OCC.CCOC(=O)COP(=O)(COCc1ccccc1)OCC(=O)OCC.CCOC(=O)COP(=O)(COS(=O)(=O)C(F)(F)F)OCC(=O)OCC.CCOC(=O)COP(=O)(COc1ccc(C[C@H](NC(=O)O[C@H]2CO[C@H]3OCC[C@H]32)[C@H](O)CN(CC(C)C)S(=O)(=O)c2ccc(OC)cc2)cc1)OCC(=O)OCC.O=P(O)(O)COCc1ccccc1. The van der Waals surface area contributed by atoms with E-state index < -0.39 is 227 Å². The Kier molecular flexibility index (Phi) is 60.5. The lowest BCUT2D eigenvalue weighted by atomic mass is 10.0. The fourth-order valence-electron chi connectivity index (χ4n) is 10.4. The summed E-state index contributed by atoms with van der Waals surface area (Å²) in [6.07, 6.45) is -6.88. The highest BCUT2D eigenvalue weighted by Gasteiger charge is 2.49. The number of alkyl carbamates (subject to hydrolysis) is 1. The molecule has 4 aromatic rings. The lowest BCUT2D eigenvalue weighted by Crippen LogP contribution is -2.51. The molecule has 2 fully saturated rings. The van der Waals surface area contributed by atoms with Crippen LogP contribution in [0.2, 0.25) is 0 Å². The number of rotatable bonds is 59. The van der Waals surface area contributed by atoms with Crippen molar-refractivity contribution in [3.8, 4) is 11.5 Å². The lowest BCUT2D eigenvalue weighted by Gasteiger charge is -2.31. The van der Waals surface area contributed by atoms with Crippen LogP contribution in [-0.2, 0) is 203 Å². The quantitative estimate of drug-likeness (QED) is 0.00905. The Morgan fingerprint density at radius 3 is 1.20 bits per heavy atom. The molecule has 0 radical (unpaired) electrons. The molecule has 4 aromatic carbocycles. The number of hydrogen-bond acceptors (Lipinski definition) is 44. The van der Waals surface area contributed by atoms with Gasteiger partial charge in [-0.1, -0.05) is 86.6 Å². The molecule has 2 aliphatic heterocycles. The minimum absolute atomic E-state index is 0.00681. The molecule has 2 aliphatic rings. The third kappa shape index (κ3) is 53.5. The van der Waals surface area contributed by atoms with Crippen molar-refractivity contribution < 1.29 is 227 Å². The fraction of sp³-hybridized carbons (Fsp3) is 0.588. The number of hydrogen-bond donors (Lipinski definition) is 5. The fourth-order valence-corrected chi connectivity index (χ4v) is 17.5. The number of carbonyl (C=O) groups excluding carboxylic acids is 9. The molecule has 58 heteroatoms. The predicted octanol–water partition coefficient (Wildman–Crippen LogP) is 8.79. The number of halogens is 3. The van der Waals surface area contributed by atoms with E-state index in [0.717, 1.165) is 11.1 Å². The van der Waals surface area contributed by atoms with E-state index in [0.29, 0.717) is 24.3 Å². The van der Waals surface area contributed by atoms with Crippen LogP contribution >= 0.6 is 38.0 Å². The van der Waals surface area contributed by atoms with E-state index in [9.17, 15) is 101 Å². The van der Waals surface area contributed by atoms with Gasteiger partial charge in [0, 0.05) is 13.1 Å². The van der Waals surface area contributed by atoms with Crippen molar-refractivity contribution in [3.63, 3.8) is 0 Å². The Hall–Kier alpha value is -8.37. The molecule has 0 aromatic heterocycles. The topological polar surface area (TPSA) is 625 Å². The van der Waals surface area contributed by atoms with E-state index in [1.807, 2.05) is 74.5 Å². The summed E-state index contributed by atoms with van der Waals surface area (Å²) >= 11 is 0. The van der Waals surface area contributed by atoms with E-state index in [-0.39, 0.29) is 115 Å². The standard InChI is InChI=1S/C37H53N2O16PS.C16H23O8P.C10H16F3O10PS.C9H17O8P.C8H11O4P/c1-6-48-34(41)22-53-56(44,54-23-35(42)49-7-2)24-52-28-10-8-26(9-11-28)18-31(38-37(43)55-33-21-51-36-30(33)16-17-50-36)32(40)20-39(19-25(3)4)57(45,46)29-14-12-27(47-5)13-15-29;1-3-21-15(17)11-23-25(19,24-12-16(18)22-4-2)13-20-10-14-8-6-5-7-9-14;1-3-19-8(14)5-21-24(16,22-6-9(15)20-4-2)7-23-25(17,18)10(11,12)13;1-3-14-8(11)5-16-18(13,7-10)17-6-9(12)15-4-2;9-13(10,11)7-12-6-8-4-2-1-3-5-8/h8-15,25,30-33,36,40H,6-7,16-24H2,1-5H3,(H,38,43);5-9H,3-4,10-13H2,1-2H3;3-7H2,1-2H3;10H,3-7H2,1-2H3;1-5H,6-7H2,(H2,9,10,11)/t30-,31-,32+,33-,36+;;;;/m0..../s1. The number of nitrogens with one attached hydrogen (secondary N) is 1. The van der Waals surface area contributed by atoms with Crippen LogP contribution in [0.25, 0.3) is 0 Å². The molecule has 0 saturated carbocycles. The molecule has 5 atom stereocenters. The van der Waals surface area contributed by atoms with Crippen LogP contribution in [0.5, 0.6) is 11.5 Å². The summed E-state index contributed by atoms with van der Waals surface area (Å²) < 4.78 is 264. The van der Waals surface area contributed by atoms with Gasteiger partial charge in [0.2, 0.25) is 10.0 Å². The van der Waals surface area contributed by atoms with E-state index in [2.05, 4.69) is 46.5 Å². The molecule has 0 bridgehead atoms. The molecule has 48 nitrogen and oxygen atoms in total. The van der Waals surface area contributed by atoms with Gasteiger partial charge in [-0.2, -0.15) is 25.9 Å². The Balaban J connectivity index is 0.000000658. The van der Waals surface area contributed by atoms with E-state index in [1.165, 1.54) is 61.7 Å². The zero-order valence-corrected chi connectivity index (χ0v) is 83.5. The van der Waals surface area contributed by atoms with Crippen LogP contribution < -0.4 is 14.8 Å². The van der Waals surface area contributed by atoms with Crippen LogP contribution in [0.1, 0.15) is 92.3 Å². The molecular formula is C80H120F3N2O46P5S2. The van der Waals surface area contributed by atoms with Crippen molar-refractivity contribution in [1.29, 1.82) is 0 Å². The van der Waals surface area contributed by atoms with Gasteiger partial charge in [-0.15, -0.1) is 0 Å². The van der Waals surface area contributed by atoms with Gasteiger partial charge in [-0.05, 0) is 127 Å². The Labute approximate surface area is 795 Å². The third-order valence-electron chi connectivity index (χ3n) is 16.5. The zero-order valence-electron chi connectivity index (χ0n) is 77.4. The van der Waals surface area contributed by atoms with Crippen molar-refractivity contribution >= 4 is 112 Å². The largest absolute Gasteiger partial charge is 0.523 e. The van der Waals surface area contributed by atoms with Gasteiger partial charge in [0.15, 0.2) is 71.8 Å². The van der Waals surface area contributed by atoms with Crippen LogP contribution in [-0.4, -0.2) is 296 Å². The normalized spacial score (nSPS) is 14.7. The third-order valence-corrected chi connectivity index (χ3v) is 25.9. The Morgan fingerprint density at radius 1 is 0.478 bits per heavy atom. The first kappa shape index (κ1) is 126. The molecule has 0 unspecified atom stereocenters. The van der Waals surface area contributed by atoms with Gasteiger partial charge >= 0.3 is 107 Å². The first-order chi connectivity index (χ1) is 65.1. The number of ether oxygens (including phenoxy) is 15. The molecule has 2 saturated heterocycles. The van der Waals surface area contributed by atoms with Crippen molar-refractivity contribution in [2.75, 3.05) is 171 Å². The van der Waals surface area contributed by atoms with Gasteiger partial charge in [0.25, 0.3) is 0 Å². The summed E-state index contributed by atoms with van der Waals surface area (Å²) in [5.74, 6) is -6.14. The molecule has 6 rings (SSSR count). The number of esters is 8. The van der Waals surface area contributed by atoms with Gasteiger partial charge in [0.05, 0.1) is 109 Å². The number of carbonyl (C=O) groups is 9. The maximum Gasteiger partial charge on any atom is 0.523 e. The minimum Gasteiger partial charge on any atom is -0.497 e. The molecule has 1 amide bonds. The average Bonchev–Trinajstić information content (AvgIpc) is 1.54. The van der Waals surface area contributed by atoms with Crippen LogP contribution in [0.3, 0.4) is 0 Å². The molecule has 2 heterocycles. The minimum atomic E-state index is -6.09. The number of aliphatic hydroxyl groups excluding tert-OH is 2. The van der Waals surface area contributed by atoms with Gasteiger partial charge in [0.1, 0.15) is 36.6 Å². The smallest absolute Gasteiger partial charge is 0.497 e. The number of amides is 1. The van der Waals surface area contributed by atoms with Crippen molar-refractivity contribution in [1.82, 2.24) is 9.62 Å². The van der Waals surface area contributed by atoms with Gasteiger partial charge < -0.3 is 96.4 Å². The monoisotopic (exact) mass is 2120 g/mol. The summed E-state index contributed by atoms with van der Waals surface area (Å²) in [4.78, 5) is 121. The summed E-state index contributed by atoms with van der Waals surface area (Å²) in [5, 5.41) is 23.3. The van der Waals surface area contributed by atoms with E-state index >= 15 is 0 Å². The number of benzene rings is 4. The summed E-state index contributed by atoms with van der Waals surface area (Å²) in [6, 6.07) is 29.6. The maximum atomic E-state index is 13.9. The van der Waals surface area contributed by atoms with Crippen molar-refractivity contribution in [3.05, 3.63) is 126 Å². The number of methoxy groups -OCH3 is 1. The number of aliphatic hydroxyl groups is 2. The first-order valence-electron chi connectivity index (χ1n) is 41.9. The zero-order chi connectivity index (χ0) is 104. The second-order valence-corrected chi connectivity index (χ2v) is 40.9. The summed E-state index contributed by atoms with van der Waals surface area (Å²) in [7, 11) is -29.4. The highest BCUT2D eigenvalue weighted by molar-refractivity contribution is 7.89. The van der Waals surface area contributed by atoms with E-state index in [1.54, 1.807) is 53.7 Å². The van der Waals surface area contributed by atoms with Gasteiger partial charge in [-0.25, -0.2) is 51.6 Å². The highest BCUT2D eigenvalue weighted by Crippen LogP contribution is 2.51. The molecular weight excluding hydrogens is 2000 g/mol. The highest BCUT2D eigenvalue weighted by atomic mass is 32.2. The molecule has 5 N–H and O–H groups in total. The van der Waals surface area contributed by atoms with Gasteiger partial charge in [-0.3, -0.25) is 63.2 Å². The molecule has 138 heavy (non-hydrogen) atoms. The van der Waals surface area contributed by atoms with Crippen molar-refractivity contribution in [2.45, 2.75) is 130 Å². The predicted molar refractivity (Wildman–Crippen MR) is 473 cm³/mol. The first-order valence-corrected chi connectivity index (χ1v) is 53.5. The van der Waals surface area contributed by atoms with Crippen LogP contribution in [0, 0.1) is 11.8 Å².